The van der Waals surface area contributed by atoms with Crippen molar-refractivity contribution in [2.24, 2.45) is 5.92 Å². The topological polar surface area (TPSA) is 101 Å². The normalized spacial score (nSPS) is 14.1. The highest BCUT2D eigenvalue weighted by Gasteiger charge is 2.39. The average Bonchev–Trinajstić information content (AvgIpc) is 3.71. The molecule has 1 aliphatic carbocycles. The van der Waals surface area contributed by atoms with Gasteiger partial charge in [-0.1, -0.05) is 24.3 Å². The average molecular weight is 639 g/mol. The molecule has 242 valence electrons. The first kappa shape index (κ1) is 32.6. The number of aromatic nitrogens is 3. The van der Waals surface area contributed by atoms with Crippen LogP contribution < -0.4 is 15.5 Å². The first-order chi connectivity index (χ1) is 21.8. The molecule has 1 atom stereocenters. The van der Waals surface area contributed by atoms with Crippen molar-refractivity contribution in [3.63, 3.8) is 0 Å². The highest BCUT2D eigenvalue weighted by molar-refractivity contribution is 6.06. The van der Waals surface area contributed by atoms with Gasteiger partial charge in [-0.15, -0.1) is 0 Å². The van der Waals surface area contributed by atoms with Crippen molar-refractivity contribution in [2.45, 2.75) is 58.1 Å². The molecule has 0 radical (unpaired) electrons. The Morgan fingerprint density at radius 3 is 2.39 bits per heavy atom. The zero-order valence-corrected chi connectivity index (χ0v) is 25.5. The van der Waals surface area contributed by atoms with E-state index in [1.54, 1.807) is 51.1 Å². The van der Waals surface area contributed by atoms with E-state index in [0.717, 1.165) is 22.4 Å². The van der Waals surface area contributed by atoms with Gasteiger partial charge >= 0.3 is 12.3 Å². The minimum atomic E-state index is -4.88. The van der Waals surface area contributed by atoms with Crippen LogP contribution in [0.5, 0.6) is 0 Å². The summed E-state index contributed by atoms with van der Waals surface area (Å²) in [5.74, 6) is -1.29. The molecule has 2 amide bonds. The van der Waals surface area contributed by atoms with Crippen LogP contribution in [-0.2, 0) is 17.5 Å². The van der Waals surface area contributed by atoms with Gasteiger partial charge < -0.3 is 10.1 Å². The smallest absolute Gasteiger partial charge is 0.435 e. The molecule has 0 aliphatic heterocycles. The second kappa shape index (κ2) is 13.3. The number of nitrogens with zero attached hydrogens (tertiary/aromatic N) is 4. The molecule has 2 heterocycles. The maximum atomic E-state index is 15.4. The quantitative estimate of drug-likeness (QED) is 0.147. The third-order valence-electron chi connectivity index (χ3n) is 7.12. The van der Waals surface area contributed by atoms with Gasteiger partial charge in [0, 0.05) is 31.5 Å². The van der Waals surface area contributed by atoms with Crippen molar-refractivity contribution < 1.29 is 31.9 Å². The summed E-state index contributed by atoms with van der Waals surface area (Å²) in [4.78, 5) is 31.9. The maximum absolute atomic E-state index is 15.4. The fraction of sp³-hybridized carbons (Fsp3) is 0.333. The minimum absolute atomic E-state index is 0.00398. The van der Waals surface area contributed by atoms with Crippen molar-refractivity contribution in [3.8, 4) is 5.69 Å². The van der Waals surface area contributed by atoms with Crippen molar-refractivity contribution in [3.05, 3.63) is 107 Å². The molecule has 4 aromatic rings. The molecule has 2 aromatic heterocycles. The lowest BCUT2D eigenvalue weighted by Crippen LogP contribution is -2.44. The van der Waals surface area contributed by atoms with Crippen LogP contribution in [0.25, 0.3) is 5.69 Å². The zero-order valence-electron chi connectivity index (χ0n) is 25.5. The number of pyridine rings is 1. The van der Waals surface area contributed by atoms with Gasteiger partial charge in [0.1, 0.15) is 23.3 Å². The van der Waals surface area contributed by atoms with Crippen LogP contribution in [0.4, 0.5) is 28.0 Å². The second-order valence-corrected chi connectivity index (χ2v) is 12.0. The zero-order chi connectivity index (χ0) is 33.1. The Balaban J connectivity index is 1.58. The summed E-state index contributed by atoms with van der Waals surface area (Å²) in [5, 5.41) is 9.72. The van der Waals surface area contributed by atoms with Gasteiger partial charge in [0.05, 0.1) is 11.4 Å². The fourth-order valence-corrected chi connectivity index (χ4v) is 4.80. The summed E-state index contributed by atoms with van der Waals surface area (Å²) in [6.45, 7) is 5.65. The Morgan fingerprint density at radius 2 is 1.74 bits per heavy atom. The number of benzene rings is 2. The van der Waals surface area contributed by atoms with Crippen LogP contribution in [0.1, 0.15) is 67.1 Å². The van der Waals surface area contributed by atoms with E-state index in [1.807, 2.05) is 0 Å². The van der Waals surface area contributed by atoms with Gasteiger partial charge in [0.15, 0.2) is 5.69 Å². The van der Waals surface area contributed by atoms with Crippen LogP contribution >= 0.6 is 0 Å². The molecular weight excluding hydrogens is 604 g/mol. The largest absolute Gasteiger partial charge is 0.444 e. The second-order valence-electron chi connectivity index (χ2n) is 12.0. The molecule has 1 aliphatic rings. The third-order valence-corrected chi connectivity index (χ3v) is 7.12. The van der Waals surface area contributed by atoms with Crippen molar-refractivity contribution >= 4 is 17.7 Å². The number of carbonyl (C=O) groups is 2. The molecule has 0 spiro atoms. The summed E-state index contributed by atoms with van der Waals surface area (Å²) in [6.07, 6.45) is -1.48. The molecule has 0 bridgehead atoms. The number of carbonyl (C=O) groups excluding carboxylic acids is 2. The van der Waals surface area contributed by atoms with Gasteiger partial charge in [-0.05, 0) is 87.1 Å². The monoisotopic (exact) mass is 638 g/mol. The predicted molar refractivity (Wildman–Crippen MR) is 163 cm³/mol. The van der Waals surface area contributed by atoms with E-state index in [9.17, 15) is 22.8 Å². The number of hydrogen-bond acceptors (Lipinski definition) is 6. The van der Waals surface area contributed by atoms with Crippen molar-refractivity contribution in [1.82, 2.24) is 25.4 Å². The molecule has 5 rings (SSSR count). The summed E-state index contributed by atoms with van der Waals surface area (Å²) in [5.41, 5.74) is -1.40. The van der Waals surface area contributed by atoms with Gasteiger partial charge in [0.2, 0.25) is 0 Å². The SMILES string of the molecule is CC(C)(C)OC(=O)NCc1cccc(-n2nc(C(F)(F)F)cc2C(=O)N(c2ccccc2F)[C@H](NCC2CC2)c2ccncc2)c1. The number of ether oxygens (including phenoxy) is 1. The van der Waals surface area contributed by atoms with E-state index < -0.39 is 47.1 Å². The van der Waals surface area contributed by atoms with Gasteiger partial charge in [-0.3, -0.25) is 20.0 Å². The number of amides is 2. The lowest BCUT2D eigenvalue weighted by Gasteiger charge is -2.33. The lowest BCUT2D eigenvalue weighted by atomic mass is 10.1. The standard InChI is InChI=1S/C33H34F4N6O3/c1-32(2,3)46-31(45)40-20-22-7-6-8-24(17-22)43-27(18-28(41-43)33(35,36)37)30(44)42(26-10-5-4-9-25(26)34)29(39-19-21-11-12-21)23-13-15-38-16-14-23/h4-10,13-18,21,29,39H,11-12,19-20H2,1-3H3,(H,40,45)/t29-/m0/s1. The number of alkyl halides is 3. The van der Waals surface area contributed by atoms with Crippen molar-refractivity contribution in [2.75, 3.05) is 11.4 Å². The van der Waals surface area contributed by atoms with E-state index in [1.165, 1.54) is 42.7 Å². The van der Waals surface area contributed by atoms with Gasteiger partial charge in [-0.25, -0.2) is 13.9 Å². The van der Waals surface area contributed by atoms with E-state index in [4.69, 9.17) is 4.74 Å². The Bertz CT molecular complexity index is 1680. The highest BCUT2D eigenvalue weighted by Crippen LogP contribution is 2.35. The van der Waals surface area contributed by atoms with Gasteiger partial charge in [0.25, 0.3) is 5.91 Å². The van der Waals surface area contributed by atoms with Crippen molar-refractivity contribution in [1.29, 1.82) is 0 Å². The van der Waals surface area contributed by atoms with E-state index in [2.05, 4.69) is 20.7 Å². The molecule has 13 heteroatoms. The summed E-state index contributed by atoms with van der Waals surface area (Å²) in [6, 6.07) is 15.8. The lowest BCUT2D eigenvalue weighted by molar-refractivity contribution is -0.141. The molecular formula is C33H34F4N6O3. The molecule has 9 nitrogen and oxygen atoms in total. The maximum Gasteiger partial charge on any atom is 0.435 e. The molecule has 0 saturated heterocycles. The number of halogens is 4. The molecule has 2 N–H and O–H groups in total. The van der Waals surface area contributed by atoms with Crippen LogP contribution in [0.2, 0.25) is 0 Å². The number of rotatable bonds is 10. The Morgan fingerprint density at radius 1 is 1.02 bits per heavy atom. The first-order valence-electron chi connectivity index (χ1n) is 14.7. The fourth-order valence-electron chi connectivity index (χ4n) is 4.80. The van der Waals surface area contributed by atoms with Gasteiger partial charge in [-0.2, -0.15) is 18.3 Å². The first-order valence-corrected chi connectivity index (χ1v) is 14.7. The highest BCUT2D eigenvalue weighted by atomic mass is 19.4. The van der Waals surface area contributed by atoms with Crippen LogP contribution in [-0.4, -0.2) is 38.9 Å². The Kier molecular flexibility index (Phi) is 9.42. The predicted octanol–water partition coefficient (Wildman–Crippen LogP) is 6.80. The van der Waals surface area contributed by atoms with Crippen LogP contribution in [0.15, 0.2) is 79.1 Å². The molecule has 46 heavy (non-hydrogen) atoms. The molecule has 1 saturated carbocycles. The van der Waals surface area contributed by atoms with E-state index in [-0.39, 0.29) is 17.9 Å². The summed E-state index contributed by atoms with van der Waals surface area (Å²) >= 11 is 0. The minimum Gasteiger partial charge on any atom is -0.444 e. The molecule has 2 aromatic carbocycles. The number of para-hydroxylation sites is 1. The van der Waals surface area contributed by atoms with Crippen LogP contribution in [0.3, 0.4) is 0 Å². The molecule has 0 unspecified atom stereocenters. The number of hydrogen-bond donors (Lipinski definition) is 2. The third kappa shape index (κ3) is 8.08. The number of alkyl carbamates (subject to hydrolysis) is 1. The number of anilines is 1. The van der Waals surface area contributed by atoms with E-state index in [0.29, 0.717) is 29.7 Å². The Labute approximate surface area is 263 Å². The molecule has 1 fully saturated rings. The number of nitrogens with one attached hydrogen (secondary N) is 2. The Hall–Kier alpha value is -4.78. The van der Waals surface area contributed by atoms with Crippen LogP contribution in [0, 0.1) is 11.7 Å². The van der Waals surface area contributed by atoms with E-state index >= 15 is 4.39 Å². The summed E-state index contributed by atoms with van der Waals surface area (Å²) in [7, 11) is 0. The summed E-state index contributed by atoms with van der Waals surface area (Å²) < 4.78 is 63.8.